The molecule has 0 saturated heterocycles. The Balaban J connectivity index is 2.09. The molecular weight excluding hydrogens is 320 g/mol. The van der Waals surface area contributed by atoms with E-state index >= 15 is 0 Å². The third kappa shape index (κ3) is 3.34. The number of hydrogen-bond acceptors (Lipinski definition) is 3. The number of carboxylic acids is 1. The van der Waals surface area contributed by atoms with Gasteiger partial charge in [0.1, 0.15) is 0 Å². The molecule has 88 valence electrons. The van der Waals surface area contributed by atoms with Crippen molar-refractivity contribution < 1.29 is 9.90 Å². The fourth-order valence-corrected chi connectivity index (χ4v) is 3.78. The van der Waals surface area contributed by atoms with Gasteiger partial charge >= 0.3 is 5.97 Å². The van der Waals surface area contributed by atoms with Gasteiger partial charge in [-0.1, -0.05) is 28.1 Å². The minimum Gasteiger partial charge on any atom is -0.478 e. The van der Waals surface area contributed by atoms with Crippen LogP contribution in [0.1, 0.15) is 15.9 Å². The lowest BCUT2D eigenvalue weighted by atomic mass is 10.1. The van der Waals surface area contributed by atoms with Gasteiger partial charge in [-0.25, -0.2) is 4.79 Å². The van der Waals surface area contributed by atoms with Crippen LogP contribution in [0.25, 0.3) is 0 Å². The topological polar surface area (TPSA) is 37.3 Å². The van der Waals surface area contributed by atoms with Crippen LogP contribution in [0.3, 0.4) is 0 Å². The smallest absolute Gasteiger partial charge is 0.335 e. The molecule has 0 unspecified atom stereocenters. The molecule has 0 saturated carbocycles. The Labute approximate surface area is 116 Å². The Morgan fingerprint density at radius 2 is 2.24 bits per heavy atom. The van der Waals surface area contributed by atoms with Crippen LogP contribution >= 0.6 is 39.0 Å². The van der Waals surface area contributed by atoms with E-state index < -0.39 is 5.97 Å². The van der Waals surface area contributed by atoms with Gasteiger partial charge in [0.2, 0.25) is 0 Å². The summed E-state index contributed by atoms with van der Waals surface area (Å²) in [5.41, 5.74) is 1.41. The number of hydrogen-bond donors (Lipinski definition) is 1. The quantitative estimate of drug-likeness (QED) is 0.839. The Morgan fingerprint density at radius 1 is 1.41 bits per heavy atom. The number of carboxylic acid groups (broad SMARTS) is 1. The third-order valence-corrected chi connectivity index (χ3v) is 5.08. The first kappa shape index (κ1) is 12.7. The minimum atomic E-state index is -0.900. The zero-order valence-corrected chi connectivity index (χ0v) is 11.9. The Bertz CT molecular complexity index is 523. The van der Waals surface area contributed by atoms with Gasteiger partial charge in [-0.2, -0.15) is 0 Å². The molecule has 0 bridgehead atoms. The van der Waals surface area contributed by atoms with E-state index in [0.29, 0.717) is 5.56 Å². The number of aromatic carboxylic acids is 1. The highest BCUT2D eigenvalue weighted by Crippen LogP contribution is 2.30. The van der Waals surface area contributed by atoms with Gasteiger partial charge in [-0.3, -0.25) is 0 Å². The van der Waals surface area contributed by atoms with Gasteiger partial charge in [-0.15, -0.1) is 23.1 Å². The van der Waals surface area contributed by atoms with Crippen LogP contribution in [0.15, 0.2) is 44.4 Å². The summed E-state index contributed by atoms with van der Waals surface area (Å²) in [6, 6.07) is 9.24. The van der Waals surface area contributed by atoms with Crippen molar-refractivity contribution in [2.45, 2.75) is 9.96 Å². The van der Waals surface area contributed by atoms with E-state index in [1.54, 1.807) is 35.2 Å². The van der Waals surface area contributed by atoms with Gasteiger partial charge in [0.25, 0.3) is 0 Å². The van der Waals surface area contributed by atoms with Crippen LogP contribution in [0.4, 0.5) is 0 Å². The first-order chi connectivity index (χ1) is 8.16. The second-order valence-electron chi connectivity index (χ2n) is 3.33. The summed E-state index contributed by atoms with van der Waals surface area (Å²) in [5.74, 6) is -0.0655. The standard InChI is InChI=1S/C12H9BrO2S2/c13-10-6-8(12(14)15)3-4-9(10)7-17-11-2-1-5-16-11/h1-6H,7H2,(H,14,15). The third-order valence-electron chi connectivity index (χ3n) is 2.17. The normalized spacial score (nSPS) is 10.4. The molecule has 2 nitrogen and oxygen atoms in total. The fraction of sp³-hybridized carbons (Fsp3) is 0.0833. The van der Waals surface area contributed by atoms with E-state index in [1.807, 2.05) is 17.5 Å². The first-order valence-corrected chi connectivity index (χ1v) is 7.50. The lowest BCUT2D eigenvalue weighted by molar-refractivity contribution is 0.0697. The van der Waals surface area contributed by atoms with Crippen LogP contribution < -0.4 is 0 Å². The van der Waals surface area contributed by atoms with Gasteiger partial charge in [0.05, 0.1) is 9.77 Å². The number of halogens is 1. The van der Waals surface area contributed by atoms with Crippen LogP contribution in [0.2, 0.25) is 0 Å². The molecule has 2 aromatic rings. The summed E-state index contributed by atoms with van der Waals surface area (Å²) < 4.78 is 2.11. The molecule has 1 aromatic carbocycles. The largest absolute Gasteiger partial charge is 0.478 e. The Morgan fingerprint density at radius 3 is 2.82 bits per heavy atom. The fourth-order valence-electron chi connectivity index (χ4n) is 1.29. The number of thiophene rings is 1. The van der Waals surface area contributed by atoms with E-state index in [0.717, 1.165) is 15.8 Å². The zero-order valence-electron chi connectivity index (χ0n) is 8.72. The van der Waals surface area contributed by atoms with Crippen LogP contribution in [-0.4, -0.2) is 11.1 Å². The minimum absolute atomic E-state index is 0.307. The van der Waals surface area contributed by atoms with E-state index in [9.17, 15) is 4.79 Å². The maximum absolute atomic E-state index is 10.8. The summed E-state index contributed by atoms with van der Waals surface area (Å²) in [4.78, 5) is 10.8. The van der Waals surface area contributed by atoms with Crippen molar-refractivity contribution in [3.8, 4) is 0 Å². The molecular formula is C12H9BrO2S2. The van der Waals surface area contributed by atoms with Crippen molar-refractivity contribution >= 4 is 45.0 Å². The monoisotopic (exact) mass is 328 g/mol. The average molecular weight is 329 g/mol. The van der Waals surface area contributed by atoms with E-state index in [2.05, 4.69) is 22.0 Å². The molecule has 0 fully saturated rings. The summed E-state index contributed by atoms with van der Waals surface area (Å²) in [6.45, 7) is 0. The second kappa shape index (κ2) is 5.71. The molecule has 1 aromatic heterocycles. The van der Waals surface area contributed by atoms with Crippen molar-refractivity contribution in [1.29, 1.82) is 0 Å². The lowest BCUT2D eigenvalue weighted by Crippen LogP contribution is -1.96. The summed E-state index contributed by atoms with van der Waals surface area (Å²) in [5, 5.41) is 10.9. The molecule has 0 amide bonds. The molecule has 0 aliphatic rings. The predicted molar refractivity (Wildman–Crippen MR) is 75.0 cm³/mol. The molecule has 2 rings (SSSR count). The van der Waals surface area contributed by atoms with Gasteiger partial charge in [-0.05, 0) is 29.1 Å². The summed E-state index contributed by atoms with van der Waals surface area (Å²) >= 11 is 6.87. The molecule has 17 heavy (non-hydrogen) atoms. The summed E-state index contributed by atoms with van der Waals surface area (Å²) in [6.07, 6.45) is 0. The van der Waals surface area contributed by atoms with E-state index in [1.165, 1.54) is 4.21 Å². The van der Waals surface area contributed by atoms with Gasteiger partial charge in [0, 0.05) is 10.2 Å². The van der Waals surface area contributed by atoms with Crippen LogP contribution in [0.5, 0.6) is 0 Å². The highest BCUT2D eigenvalue weighted by atomic mass is 79.9. The number of carbonyl (C=O) groups is 1. The molecule has 1 N–H and O–H groups in total. The van der Waals surface area contributed by atoms with Gasteiger partial charge in [0.15, 0.2) is 0 Å². The van der Waals surface area contributed by atoms with Crippen molar-refractivity contribution in [2.24, 2.45) is 0 Å². The molecule has 0 aliphatic heterocycles. The van der Waals surface area contributed by atoms with Crippen LogP contribution in [0, 0.1) is 0 Å². The Kier molecular flexibility index (Phi) is 4.25. The Hall–Kier alpha value is -0.780. The average Bonchev–Trinajstić information content (AvgIpc) is 2.80. The number of thioether (sulfide) groups is 1. The number of benzene rings is 1. The van der Waals surface area contributed by atoms with E-state index in [4.69, 9.17) is 5.11 Å². The SMILES string of the molecule is O=C(O)c1ccc(CSc2cccs2)c(Br)c1. The predicted octanol–water partition coefficient (Wildman–Crippen LogP) is 4.50. The van der Waals surface area contributed by atoms with Crippen molar-refractivity contribution in [1.82, 2.24) is 0 Å². The molecule has 5 heteroatoms. The molecule has 0 spiro atoms. The molecule has 0 atom stereocenters. The van der Waals surface area contributed by atoms with E-state index in [-0.39, 0.29) is 0 Å². The lowest BCUT2D eigenvalue weighted by Gasteiger charge is -2.04. The zero-order chi connectivity index (χ0) is 12.3. The maximum Gasteiger partial charge on any atom is 0.335 e. The molecule has 0 radical (unpaired) electrons. The maximum atomic E-state index is 10.8. The second-order valence-corrected chi connectivity index (χ2v) is 6.41. The number of rotatable bonds is 4. The molecule has 1 heterocycles. The molecule has 0 aliphatic carbocycles. The highest BCUT2D eigenvalue weighted by molar-refractivity contribution is 9.10. The first-order valence-electron chi connectivity index (χ1n) is 4.85. The van der Waals surface area contributed by atoms with Crippen molar-refractivity contribution in [3.63, 3.8) is 0 Å². The van der Waals surface area contributed by atoms with Crippen molar-refractivity contribution in [3.05, 3.63) is 51.3 Å². The van der Waals surface area contributed by atoms with Crippen molar-refractivity contribution in [2.75, 3.05) is 0 Å². The summed E-state index contributed by atoms with van der Waals surface area (Å²) in [7, 11) is 0. The van der Waals surface area contributed by atoms with Gasteiger partial charge < -0.3 is 5.11 Å². The van der Waals surface area contributed by atoms with Crippen LogP contribution in [-0.2, 0) is 5.75 Å². The highest BCUT2D eigenvalue weighted by Gasteiger charge is 2.07.